The first-order valence-corrected chi connectivity index (χ1v) is 6.21. The molecule has 0 radical (unpaired) electrons. The smallest absolute Gasteiger partial charge is 0.119 e. The first kappa shape index (κ1) is 12.4. The summed E-state index contributed by atoms with van der Waals surface area (Å²) in [6, 6.07) is 9.81. The number of aliphatic hydroxyl groups is 1. The van der Waals surface area contributed by atoms with Gasteiger partial charge in [-0.3, -0.25) is 0 Å². The third kappa shape index (κ3) is 3.45. The highest BCUT2D eigenvalue weighted by Crippen LogP contribution is 2.33. The van der Waals surface area contributed by atoms with Crippen molar-refractivity contribution in [2.75, 3.05) is 26.4 Å². The van der Waals surface area contributed by atoms with Crippen molar-refractivity contribution in [3.8, 4) is 5.75 Å². The molecule has 0 saturated carbocycles. The third-order valence-corrected chi connectivity index (χ3v) is 3.53. The van der Waals surface area contributed by atoms with Gasteiger partial charge in [0.2, 0.25) is 0 Å². The molecule has 17 heavy (non-hydrogen) atoms. The molecule has 0 atom stereocenters. The van der Waals surface area contributed by atoms with Crippen LogP contribution in [-0.2, 0) is 4.74 Å². The van der Waals surface area contributed by atoms with E-state index in [1.54, 1.807) is 0 Å². The maximum Gasteiger partial charge on any atom is 0.119 e. The van der Waals surface area contributed by atoms with Gasteiger partial charge in [-0.15, -0.1) is 0 Å². The van der Waals surface area contributed by atoms with Crippen LogP contribution in [0.3, 0.4) is 0 Å². The number of hydrogen-bond donors (Lipinski definition) is 1. The van der Waals surface area contributed by atoms with E-state index in [1.807, 2.05) is 30.3 Å². The summed E-state index contributed by atoms with van der Waals surface area (Å²) in [5.41, 5.74) is 0.00697. The molecular formula is C14H20O3. The predicted octanol–water partition coefficient (Wildman–Crippen LogP) is 2.24. The van der Waals surface area contributed by atoms with Crippen LogP contribution in [0.15, 0.2) is 30.3 Å². The minimum absolute atomic E-state index is 0.00697. The molecule has 1 N–H and O–H groups in total. The molecule has 1 saturated heterocycles. The van der Waals surface area contributed by atoms with Crippen molar-refractivity contribution < 1.29 is 14.6 Å². The van der Waals surface area contributed by atoms with E-state index < -0.39 is 0 Å². The molecule has 0 bridgehead atoms. The number of hydrogen-bond acceptors (Lipinski definition) is 3. The number of benzene rings is 1. The highest BCUT2D eigenvalue weighted by molar-refractivity contribution is 5.20. The second-order valence-corrected chi connectivity index (χ2v) is 4.68. The Morgan fingerprint density at radius 2 is 1.88 bits per heavy atom. The zero-order valence-electron chi connectivity index (χ0n) is 10.1. The van der Waals surface area contributed by atoms with Gasteiger partial charge in [-0.2, -0.15) is 0 Å². The maximum absolute atomic E-state index is 9.53. The van der Waals surface area contributed by atoms with Gasteiger partial charge in [-0.05, 0) is 31.4 Å². The van der Waals surface area contributed by atoms with Gasteiger partial charge in [0.25, 0.3) is 0 Å². The summed E-state index contributed by atoms with van der Waals surface area (Å²) in [6.45, 7) is 2.40. The van der Waals surface area contributed by atoms with E-state index in [0.29, 0.717) is 6.61 Å². The summed E-state index contributed by atoms with van der Waals surface area (Å²) < 4.78 is 11.0. The van der Waals surface area contributed by atoms with E-state index in [4.69, 9.17) is 9.47 Å². The first-order chi connectivity index (χ1) is 8.35. The van der Waals surface area contributed by atoms with Gasteiger partial charge in [-0.1, -0.05) is 18.2 Å². The van der Waals surface area contributed by atoms with Crippen molar-refractivity contribution in [1.29, 1.82) is 0 Å². The van der Waals surface area contributed by atoms with Crippen molar-refractivity contribution in [3.05, 3.63) is 30.3 Å². The van der Waals surface area contributed by atoms with Gasteiger partial charge < -0.3 is 14.6 Å². The predicted molar refractivity (Wildman–Crippen MR) is 66.1 cm³/mol. The van der Waals surface area contributed by atoms with E-state index >= 15 is 0 Å². The van der Waals surface area contributed by atoms with Crippen LogP contribution < -0.4 is 4.74 Å². The quantitative estimate of drug-likeness (QED) is 0.852. The molecule has 0 spiro atoms. The van der Waals surface area contributed by atoms with Crippen molar-refractivity contribution in [3.63, 3.8) is 0 Å². The molecule has 0 aliphatic carbocycles. The Morgan fingerprint density at radius 3 is 2.53 bits per heavy atom. The zero-order valence-corrected chi connectivity index (χ0v) is 10.1. The third-order valence-electron chi connectivity index (χ3n) is 3.53. The number of para-hydroxylation sites is 1. The Kier molecular flexibility index (Phi) is 4.40. The Morgan fingerprint density at radius 1 is 1.18 bits per heavy atom. The van der Waals surface area contributed by atoms with Gasteiger partial charge in [0, 0.05) is 25.2 Å². The van der Waals surface area contributed by atoms with Gasteiger partial charge >= 0.3 is 0 Å². The van der Waals surface area contributed by atoms with Crippen LogP contribution in [-0.4, -0.2) is 31.5 Å². The van der Waals surface area contributed by atoms with Crippen LogP contribution in [0.4, 0.5) is 0 Å². The lowest BCUT2D eigenvalue weighted by molar-refractivity contribution is -0.0263. The molecule has 1 aliphatic heterocycles. The summed E-state index contributed by atoms with van der Waals surface area (Å²) in [6.07, 6.45) is 2.76. The molecule has 2 rings (SSSR count). The standard InChI is InChI=1S/C14H20O3/c15-12-14(6-9-16-10-7-14)8-11-17-13-4-2-1-3-5-13/h1-5,15H,6-12H2. The fourth-order valence-corrected chi connectivity index (χ4v) is 2.19. The first-order valence-electron chi connectivity index (χ1n) is 6.21. The summed E-state index contributed by atoms with van der Waals surface area (Å²) in [5, 5.41) is 9.53. The van der Waals surface area contributed by atoms with E-state index in [-0.39, 0.29) is 12.0 Å². The van der Waals surface area contributed by atoms with E-state index in [0.717, 1.165) is 38.2 Å². The number of ether oxygens (including phenoxy) is 2. The SMILES string of the molecule is OCC1(CCOc2ccccc2)CCOCC1. The van der Waals surface area contributed by atoms with Crippen molar-refractivity contribution in [1.82, 2.24) is 0 Å². The topological polar surface area (TPSA) is 38.7 Å². The molecule has 3 heteroatoms. The van der Waals surface area contributed by atoms with Gasteiger partial charge in [0.1, 0.15) is 5.75 Å². The molecule has 1 aromatic carbocycles. The molecule has 1 heterocycles. The zero-order chi connectivity index (χ0) is 12.0. The van der Waals surface area contributed by atoms with Gasteiger partial charge in [0.05, 0.1) is 6.61 Å². The van der Waals surface area contributed by atoms with Gasteiger partial charge in [0.15, 0.2) is 0 Å². The number of rotatable bonds is 5. The minimum Gasteiger partial charge on any atom is -0.494 e. The highest BCUT2D eigenvalue weighted by Gasteiger charge is 2.31. The fraction of sp³-hybridized carbons (Fsp3) is 0.571. The van der Waals surface area contributed by atoms with Crippen LogP contribution >= 0.6 is 0 Å². The Bertz CT molecular complexity index is 317. The van der Waals surface area contributed by atoms with Crippen molar-refractivity contribution in [2.45, 2.75) is 19.3 Å². The minimum atomic E-state index is 0.00697. The highest BCUT2D eigenvalue weighted by atomic mass is 16.5. The lowest BCUT2D eigenvalue weighted by atomic mass is 9.78. The van der Waals surface area contributed by atoms with Crippen LogP contribution in [0, 0.1) is 5.41 Å². The number of aliphatic hydroxyl groups excluding tert-OH is 1. The Hall–Kier alpha value is -1.06. The second kappa shape index (κ2) is 6.03. The molecule has 0 aromatic heterocycles. The van der Waals surface area contributed by atoms with Crippen LogP contribution in [0.1, 0.15) is 19.3 Å². The summed E-state index contributed by atoms with van der Waals surface area (Å²) in [7, 11) is 0. The monoisotopic (exact) mass is 236 g/mol. The van der Waals surface area contributed by atoms with Crippen molar-refractivity contribution >= 4 is 0 Å². The molecule has 1 fully saturated rings. The summed E-state index contributed by atoms with van der Waals surface area (Å²) in [5.74, 6) is 0.896. The average Bonchev–Trinajstić information content (AvgIpc) is 2.41. The van der Waals surface area contributed by atoms with E-state index in [9.17, 15) is 5.11 Å². The molecule has 94 valence electrons. The Labute approximate surface area is 102 Å². The lowest BCUT2D eigenvalue weighted by Crippen LogP contribution is -2.34. The van der Waals surface area contributed by atoms with E-state index in [2.05, 4.69) is 0 Å². The summed E-state index contributed by atoms with van der Waals surface area (Å²) in [4.78, 5) is 0. The fourth-order valence-electron chi connectivity index (χ4n) is 2.19. The maximum atomic E-state index is 9.53. The van der Waals surface area contributed by atoms with Crippen LogP contribution in [0.5, 0.6) is 5.75 Å². The molecule has 3 nitrogen and oxygen atoms in total. The summed E-state index contributed by atoms with van der Waals surface area (Å²) >= 11 is 0. The normalized spacial score (nSPS) is 18.9. The molecule has 0 unspecified atom stereocenters. The Balaban J connectivity index is 1.80. The average molecular weight is 236 g/mol. The molecular weight excluding hydrogens is 216 g/mol. The van der Waals surface area contributed by atoms with Crippen molar-refractivity contribution in [2.24, 2.45) is 5.41 Å². The molecule has 1 aliphatic rings. The van der Waals surface area contributed by atoms with Crippen LogP contribution in [0.2, 0.25) is 0 Å². The van der Waals surface area contributed by atoms with E-state index in [1.165, 1.54) is 0 Å². The lowest BCUT2D eigenvalue weighted by Gasteiger charge is -2.35. The van der Waals surface area contributed by atoms with Gasteiger partial charge in [-0.25, -0.2) is 0 Å². The second-order valence-electron chi connectivity index (χ2n) is 4.68. The van der Waals surface area contributed by atoms with Crippen LogP contribution in [0.25, 0.3) is 0 Å². The largest absolute Gasteiger partial charge is 0.494 e. The molecule has 1 aromatic rings. The molecule has 0 amide bonds.